The number of carboxylic acid groups (broad SMARTS) is 1. The fourth-order valence-corrected chi connectivity index (χ4v) is 2.97. The number of nitrogens with one attached hydrogen (secondary N) is 1. The maximum absolute atomic E-state index is 11.9. The Kier molecular flexibility index (Phi) is 4.09. The quantitative estimate of drug-likeness (QED) is 0.802. The number of urea groups is 1. The maximum atomic E-state index is 11.9. The summed E-state index contributed by atoms with van der Waals surface area (Å²) >= 11 is 0. The average molecular weight is 254 g/mol. The van der Waals surface area contributed by atoms with Gasteiger partial charge in [-0.15, -0.1) is 0 Å². The van der Waals surface area contributed by atoms with E-state index in [4.69, 9.17) is 5.11 Å². The van der Waals surface area contributed by atoms with Gasteiger partial charge in [-0.2, -0.15) is 0 Å². The van der Waals surface area contributed by atoms with E-state index in [9.17, 15) is 9.59 Å². The molecule has 0 aromatic rings. The Balaban J connectivity index is 1.68. The number of hydrogen-bond donors (Lipinski definition) is 2. The zero-order chi connectivity index (χ0) is 13.1. The minimum Gasteiger partial charge on any atom is -0.481 e. The predicted octanol–water partition coefficient (Wildman–Crippen LogP) is 1.68. The van der Waals surface area contributed by atoms with Crippen LogP contribution >= 0.6 is 0 Å². The van der Waals surface area contributed by atoms with Crippen molar-refractivity contribution in [2.24, 2.45) is 11.8 Å². The number of nitrogens with zero attached hydrogens (tertiary/aromatic N) is 1. The fraction of sp³-hybridized carbons (Fsp3) is 0.846. The van der Waals surface area contributed by atoms with E-state index in [2.05, 4.69) is 12.2 Å². The van der Waals surface area contributed by atoms with Crippen LogP contribution in [0.15, 0.2) is 0 Å². The number of aliphatic carboxylic acids is 1. The Morgan fingerprint density at radius 2 is 1.94 bits per heavy atom. The summed E-state index contributed by atoms with van der Waals surface area (Å²) in [4.78, 5) is 24.1. The number of carbonyl (C=O) groups is 2. The van der Waals surface area contributed by atoms with Crippen LogP contribution in [0.3, 0.4) is 0 Å². The van der Waals surface area contributed by atoms with E-state index in [0.717, 1.165) is 0 Å². The first-order valence-corrected chi connectivity index (χ1v) is 6.83. The maximum Gasteiger partial charge on any atom is 0.317 e. The molecule has 0 spiro atoms. The molecule has 2 aliphatic rings. The van der Waals surface area contributed by atoms with Crippen LogP contribution in [0.2, 0.25) is 0 Å². The van der Waals surface area contributed by atoms with Crippen molar-refractivity contribution in [2.75, 3.05) is 13.1 Å². The van der Waals surface area contributed by atoms with Crippen LogP contribution in [0.25, 0.3) is 0 Å². The molecule has 1 saturated carbocycles. The zero-order valence-corrected chi connectivity index (χ0v) is 10.9. The molecule has 1 heterocycles. The molecule has 0 aromatic heterocycles. The van der Waals surface area contributed by atoms with E-state index < -0.39 is 5.97 Å². The van der Waals surface area contributed by atoms with E-state index >= 15 is 0 Å². The Bertz CT molecular complexity index is 320. The third-order valence-corrected chi connectivity index (χ3v) is 4.17. The molecule has 5 heteroatoms. The number of likely N-dealkylation sites (tertiary alicyclic amines) is 1. The molecule has 1 aliphatic heterocycles. The van der Waals surface area contributed by atoms with Gasteiger partial charge in [0.25, 0.3) is 0 Å². The van der Waals surface area contributed by atoms with Crippen molar-refractivity contribution < 1.29 is 14.7 Å². The summed E-state index contributed by atoms with van der Waals surface area (Å²) in [6.07, 6.45) is 5.14. The second-order valence-corrected chi connectivity index (χ2v) is 5.65. The van der Waals surface area contributed by atoms with Crippen molar-refractivity contribution in [1.29, 1.82) is 0 Å². The van der Waals surface area contributed by atoms with Gasteiger partial charge in [0.2, 0.25) is 0 Å². The molecule has 1 aliphatic carbocycles. The molecule has 2 rings (SSSR count). The van der Waals surface area contributed by atoms with Gasteiger partial charge < -0.3 is 15.3 Å². The van der Waals surface area contributed by atoms with E-state index in [-0.39, 0.29) is 24.4 Å². The van der Waals surface area contributed by atoms with Gasteiger partial charge in [-0.25, -0.2) is 4.79 Å². The van der Waals surface area contributed by atoms with Crippen molar-refractivity contribution in [3.05, 3.63) is 0 Å². The standard InChI is InChI=1S/C13H22N2O3/c1-9(11-4-2-3-5-11)14-13(18)15-7-10(8-15)6-12(16)17/h9-11H,2-8H2,1H3,(H,14,18)(H,16,17). The topological polar surface area (TPSA) is 69.6 Å². The lowest BCUT2D eigenvalue weighted by atomic mass is 9.96. The number of rotatable bonds is 4. The molecule has 1 atom stereocenters. The lowest BCUT2D eigenvalue weighted by molar-refractivity contribution is -0.139. The molecular formula is C13H22N2O3. The van der Waals surface area contributed by atoms with E-state index in [1.165, 1.54) is 25.7 Å². The van der Waals surface area contributed by atoms with E-state index in [0.29, 0.717) is 19.0 Å². The molecule has 5 nitrogen and oxygen atoms in total. The average Bonchev–Trinajstić information content (AvgIpc) is 2.75. The van der Waals surface area contributed by atoms with Gasteiger partial charge in [0.1, 0.15) is 0 Å². The first-order chi connectivity index (χ1) is 8.56. The first-order valence-electron chi connectivity index (χ1n) is 6.83. The van der Waals surface area contributed by atoms with Crippen molar-refractivity contribution in [3.63, 3.8) is 0 Å². The molecule has 2 fully saturated rings. The van der Waals surface area contributed by atoms with Crippen molar-refractivity contribution in [2.45, 2.75) is 45.1 Å². The van der Waals surface area contributed by atoms with Gasteiger partial charge >= 0.3 is 12.0 Å². The first kappa shape index (κ1) is 13.2. The summed E-state index contributed by atoms with van der Waals surface area (Å²) in [6, 6.07) is 0.203. The lowest BCUT2D eigenvalue weighted by Crippen LogP contribution is -2.56. The molecule has 2 amide bonds. The van der Waals surface area contributed by atoms with Gasteiger partial charge in [-0.1, -0.05) is 12.8 Å². The minimum atomic E-state index is -0.778. The number of amides is 2. The van der Waals surface area contributed by atoms with Crippen LogP contribution in [0.4, 0.5) is 4.79 Å². The van der Waals surface area contributed by atoms with Crippen LogP contribution in [0, 0.1) is 11.8 Å². The Morgan fingerprint density at radius 1 is 1.33 bits per heavy atom. The lowest BCUT2D eigenvalue weighted by Gasteiger charge is -2.39. The fourth-order valence-electron chi connectivity index (χ4n) is 2.97. The van der Waals surface area contributed by atoms with E-state index in [1.807, 2.05) is 0 Å². The third-order valence-electron chi connectivity index (χ3n) is 4.17. The van der Waals surface area contributed by atoms with Gasteiger partial charge in [0, 0.05) is 25.0 Å². The molecule has 1 saturated heterocycles. The van der Waals surface area contributed by atoms with Gasteiger partial charge in [0.05, 0.1) is 6.42 Å². The Labute approximate surface area is 108 Å². The van der Waals surface area contributed by atoms with Crippen LogP contribution in [0.5, 0.6) is 0 Å². The highest BCUT2D eigenvalue weighted by Gasteiger charge is 2.33. The minimum absolute atomic E-state index is 0.0314. The third kappa shape index (κ3) is 3.15. The molecule has 2 N–H and O–H groups in total. The summed E-state index contributed by atoms with van der Waals surface area (Å²) in [5.74, 6) is -0.0283. The van der Waals surface area contributed by atoms with Gasteiger partial charge in [-0.05, 0) is 25.7 Å². The van der Waals surface area contributed by atoms with Crippen LogP contribution < -0.4 is 5.32 Å². The van der Waals surface area contributed by atoms with Gasteiger partial charge in [-0.3, -0.25) is 4.79 Å². The normalized spacial score (nSPS) is 22.6. The molecule has 0 aromatic carbocycles. The summed E-state index contributed by atoms with van der Waals surface area (Å²) in [5.41, 5.74) is 0. The highest BCUT2D eigenvalue weighted by atomic mass is 16.4. The largest absolute Gasteiger partial charge is 0.481 e. The van der Waals surface area contributed by atoms with Crippen LogP contribution in [-0.2, 0) is 4.79 Å². The number of carboxylic acids is 1. The molecule has 102 valence electrons. The summed E-state index contributed by atoms with van der Waals surface area (Å²) in [6.45, 7) is 3.23. The molecule has 0 bridgehead atoms. The molecule has 0 radical (unpaired) electrons. The second kappa shape index (κ2) is 5.59. The van der Waals surface area contributed by atoms with Crippen molar-refractivity contribution >= 4 is 12.0 Å². The number of carbonyl (C=O) groups excluding carboxylic acids is 1. The second-order valence-electron chi connectivity index (χ2n) is 5.65. The summed E-state index contributed by atoms with van der Waals surface area (Å²) in [5, 5.41) is 11.7. The monoisotopic (exact) mass is 254 g/mol. The van der Waals surface area contributed by atoms with E-state index in [1.54, 1.807) is 4.90 Å². The summed E-state index contributed by atoms with van der Waals surface area (Å²) in [7, 11) is 0. The Hall–Kier alpha value is -1.26. The van der Waals surface area contributed by atoms with Gasteiger partial charge in [0.15, 0.2) is 0 Å². The predicted molar refractivity (Wildman–Crippen MR) is 67.3 cm³/mol. The smallest absolute Gasteiger partial charge is 0.317 e. The highest BCUT2D eigenvalue weighted by molar-refractivity contribution is 5.76. The molecule has 1 unspecified atom stereocenters. The van der Waals surface area contributed by atoms with Crippen molar-refractivity contribution in [3.8, 4) is 0 Å². The molecule has 18 heavy (non-hydrogen) atoms. The number of hydrogen-bond acceptors (Lipinski definition) is 2. The highest BCUT2D eigenvalue weighted by Crippen LogP contribution is 2.28. The van der Waals surface area contributed by atoms with Crippen LogP contribution in [0.1, 0.15) is 39.0 Å². The zero-order valence-electron chi connectivity index (χ0n) is 10.9. The van der Waals surface area contributed by atoms with Crippen molar-refractivity contribution in [1.82, 2.24) is 10.2 Å². The molecular weight excluding hydrogens is 232 g/mol. The van der Waals surface area contributed by atoms with Crippen LogP contribution in [-0.4, -0.2) is 41.1 Å². The Morgan fingerprint density at radius 3 is 2.50 bits per heavy atom. The summed E-state index contributed by atoms with van der Waals surface area (Å²) < 4.78 is 0. The SMILES string of the molecule is CC(NC(=O)N1CC(CC(=O)O)C1)C1CCCC1.